The summed E-state index contributed by atoms with van der Waals surface area (Å²) in [5.41, 5.74) is 4.01. The van der Waals surface area contributed by atoms with Gasteiger partial charge in [-0.05, 0) is 39.8 Å². The SMILES string of the molecule is CCn1nc(C)c(CN(C)C(=O)c2noc(C)c2COc2ccccc2)c1C. The topological polar surface area (TPSA) is 73.4 Å². The summed E-state index contributed by atoms with van der Waals surface area (Å²) < 4.78 is 13.0. The van der Waals surface area contributed by atoms with Crippen LogP contribution in [0.25, 0.3) is 0 Å². The van der Waals surface area contributed by atoms with Gasteiger partial charge in [0.05, 0.1) is 11.3 Å². The predicted molar refractivity (Wildman–Crippen MR) is 105 cm³/mol. The van der Waals surface area contributed by atoms with Gasteiger partial charge in [-0.25, -0.2) is 0 Å². The van der Waals surface area contributed by atoms with Crippen molar-refractivity contribution in [2.24, 2.45) is 0 Å². The Labute approximate surface area is 164 Å². The van der Waals surface area contributed by atoms with Gasteiger partial charge < -0.3 is 14.2 Å². The minimum absolute atomic E-state index is 0.202. The van der Waals surface area contributed by atoms with Crippen LogP contribution >= 0.6 is 0 Å². The maximum Gasteiger partial charge on any atom is 0.276 e. The fraction of sp³-hybridized carbons (Fsp3) is 0.381. The molecule has 3 rings (SSSR count). The van der Waals surface area contributed by atoms with Crippen LogP contribution in [0.1, 0.15) is 45.7 Å². The van der Waals surface area contributed by atoms with Crippen molar-refractivity contribution < 1.29 is 14.1 Å². The second kappa shape index (κ2) is 8.29. The molecule has 7 heteroatoms. The van der Waals surface area contributed by atoms with E-state index in [1.165, 1.54) is 0 Å². The molecule has 0 N–H and O–H groups in total. The number of rotatable bonds is 7. The molecule has 0 bridgehead atoms. The van der Waals surface area contributed by atoms with Crippen LogP contribution < -0.4 is 4.74 Å². The fourth-order valence-corrected chi connectivity index (χ4v) is 3.16. The molecule has 2 heterocycles. The second-order valence-corrected chi connectivity index (χ2v) is 6.79. The Hall–Kier alpha value is -3.09. The van der Waals surface area contributed by atoms with Gasteiger partial charge in [0, 0.05) is 31.4 Å². The van der Waals surface area contributed by atoms with Crippen LogP contribution in [0.5, 0.6) is 5.75 Å². The number of hydrogen-bond donors (Lipinski definition) is 0. The normalized spacial score (nSPS) is 10.9. The average Bonchev–Trinajstić information content (AvgIpc) is 3.20. The minimum Gasteiger partial charge on any atom is -0.489 e. The molecule has 28 heavy (non-hydrogen) atoms. The monoisotopic (exact) mass is 382 g/mol. The zero-order valence-electron chi connectivity index (χ0n) is 17.0. The standard InChI is InChI=1S/C21H26N4O3/c1-6-25-15(3)18(14(2)22-25)12-24(5)21(26)20-19(16(4)28-23-20)13-27-17-10-8-7-9-11-17/h7-11H,6,12-13H2,1-5H3. The Bertz CT molecular complexity index is 960. The quantitative estimate of drug-likeness (QED) is 0.623. The van der Waals surface area contributed by atoms with E-state index in [9.17, 15) is 4.79 Å². The number of carbonyl (C=O) groups is 1. The van der Waals surface area contributed by atoms with E-state index >= 15 is 0 Å². The first-order valence-corrected chi connectivity index (χ1v) is 9.33. The summed E-state index contributed by atoms with van der Waals surface area (Å²) in [5, 5.41) is 8.51. The molecule has 0 radical (unpaired) electrons. The van der Waals surface area contributed by atoms with Crippen LogP contribution in [0, 0.1) is 20.8 Å². The van der Waals surface area contributed by atoms with Crippen molar-refractivity contribution in [1.29, 1.82) is 0 Å². The summed E-state index contributed by atoms with van der Waals surface area (Å²) in [4.78, 5) is 14.7. The number of aromatic nitrogens is 3. The van der Waals surface area contributed by atoms with Gasteiger partial charge in [-0.3, -0.25) is 9.48 Å². The Kier molecular flexibility index (Phi) is 5.82. The highest BCUT2D eigenvalue weighted by molar-refractivity contribution is 5.93. The third-order valence-electron chi connectivity index (χ3n) is 4.89. The highest BCUT2D eigenvalue weighted by atomic mass is 16.5. The summed E-state index contributed by atoms with van der Waals surface area (Å²) >= 11 is 0. The van der Waals surface area contributed by atoms with Crippen molar-refractivity contribution in [3.05, 3.63) is 64.3 Å². The van der Waals surface area contributed by atoms with Gasteiger partial charge in [0.25, 0.3) is 5.91 Å². The number of amides is 1. The lowest BCUT2D eigenvalue weighted by molar-refractivity contribution is 0.0772. The summed E-state index contributed by atoms with van der Waals surface area (Å²) in [6, 6.07) is 9.46. The molecular weight excluding hydrogens is 356 g/mol. The van der Waals surface area contributed by atoms with E-state index in [4.69, 9.17) is 9.26 Å². The first-order valence-electron chi connectivity index (χ1n) is 9.33. The second-order valence-electron chi connectivity index (χ2n) is 6.79. The Balaban J connectivity index is 1.76. The molecule has 2 aromatic heterocycles. The first-order chi connectivity index (χ1) is 13.4. The number of aryl methyl sites for hydroxylation is 3. The van der Waals surface area contributed by atoms with Gasteiger partial charge in [-0.1, -0.05) is 23.4 Å². The van der Waals surface area contributed by atoms with Crippen molar-refractivity contribution in [2.45, 2.75) is 47.4 Å². The molecule has 0 saturated heterocycles. The van der Waals surface area contributed by atoms with Gasteiger partial charge in [0.15, 0.2) is 5.69 Å². The molecule has 0 unspecified atom stereocenters. The van der Waals surface area contributed by atoms with Crippen molar-refractivity contribution in [3.63, 3.8) is 0 Å². The van der Waals surface area contributed by atoms with Crippen LogP contribution in [-0.4, -0.2) is 32.8 Å². The van der Waals surface area contributed by atoms with Crippen LogP contribution in [0.4, 0.5) is 0 Å². The minimum atomic E-state index is -0.202. The van der Waals surface area contributed by atoms with E-state index in [1.807, 2.05) is 48.9 Å². The van der Waals surface area contributed by atoms with E-state index < -0.39 is 0 Å². The summed E-state index contributed by atoms with van der Waals surface area (Å²) in [5.74, 6) is 1.11. The van der Waals surface area contributed by atoms with E-state index in [0.717, 1.165) is 29.2 Å². The van der Waals surface area contributed by atoms with Gasteiger partial charge in [0.2, 0.25) is 0 Å². The van der Waals surface area contributed by atoms with Gasteiger partial charge in [0.1, 0.15) is 18.1 Å². The molecule has 7 nitrogen and oxygen atoms in total. The largest absolute Gasteiger partial charge is 0.489 e. The Morgan fingerprint density at radius 1 is 1.18 bits per heavy atom. The summed E-state index contributed by atoms with van der Waals surface area (Å²) in [6.07, 6.45) is 0. The number of ether oxygens (including phenoxy) is 1. The molecule has 0 aliphatic rings. The molecule has 0 aliphatic carbocycles. The van der Waals surface area contributed by atoms with Crippen molar-refractivity contribution in [2.75, 3.05) is 7.05 Å². The van der Waals surface area contributed by atoms with Crippen molar-refractivity contribution >= 4 is 5.91 Å². The molecular formula is C21H26N4O3. The molecule has 1 amide bonds. The molecule has 3 aromatic rings. The maximum absolute atomic E-state index is 13.0. The number of hydrogen-bond acceptors (Lipinski definition) is 5. The lowest BCUT2D eigenvalue weighted by Gasteiger charge is -2.17. The highest BCUT2D eigenvalue weighted by Crippen LogP contribution is 2.21. The number of benzene rings is 1. The van der Waals surface area contributed by atoms with Crippen LogP contribution in [-0.2, 0) is 19.7 Å². The smallest absolute Gasteiger partial charge is 0.276 e. The van der Waals surface area contributed by atoms with Gasteiger partial charge in [-0.2, -0.15) is 5.10 Å². The Morgan fingerprint density at radius 3 is 2.54 bits per heavy atom. The first kappa shape index (κ1) is 19.7. The van der Waals surface area contributed by atoms with Gasteiger partial charge >= 0.3 is 0 Å². The number of para-hydroxylation sites is 1. The molecule has 0 aliphatic heterocycles. The van der Waals surface area contributed by atoms with E-state index in [0.29, 0.717) is 17.9 Å². The molecule has 0 saturated carbocycles. The van der Waals surface area contributed by atoms with Crippen LogP contribution in [0.2, 0.25) is 0 Å². The molecule has 1 aromatic carbocycles. The fourth-order valence-electron chi connectivity index (χ4n) is 3.16. The third kappa shape index (κ3) is 3.93. The van der Waals surface area contributed by atoms with E-state index in [2.05, 4.69) is 17.2 Å². The number of nitrogens with zero attached hydrogens (tertiary/aromatic N) is 4. The predicted octanol–water partition coefficient (Wildman–Crippen LogP) is 3.67. The van der Waals surface area contributed by atoms with E-state index in [-0.39, 0.29) is 18.2 Å². The van der Waals surface area contributed by atoms with Crippen LogP contribution in [0.15, 0.2) is 34.9 Å². The maximum atomic E-state index is 13.0. The highest BCUT2D eigenvalue weighted by Gasteiger charge is 2.25. The summed E-state index contributed by atoms with van der Waals surface area (Å²) in [6.45, 7) is 9.31. The number of carbonyl (C=O) groups excluding carboxylic acids is 1. The summed E-state index contributed by atoms with van der Waals surface area (Å²) in [7, 11) is 1.76. The molecule has 0 atom stereocenters. The third-order valence-corrected chi connectivity index (χ3v) is 4.89. The zero-order chi connectivity index (χ0) is 20.3. The molecule has 148 valence electrons. The Morgan fingerprint density at radius 2 is 1.89 bits per heavy atom. The molecule has 0 fully saturated rings. The van der Waals surface area contributed by atoms with Crippen molar-refractivity contribution in [3.8, 4) is 5.75 Å². The lowest BCUT2D eigenvalue weighted by Crippen LogP contribution is -2.28. The van der Waals surface area contributed by atoms with Gasteiger partial charge in [-0.15, -0.1) is 0 Å². The lowest BCUT2D eigenvalue weighted by atomic mass is 10.1. The average molecular weight is 382 g/mol. The van der Waals surface area contributed by atoms with Crippen molar-refractivity contribution in [1.82, 2.24) is 19.8 Å². The van der Waals surface area contributed by atoms with Crippen LogP contribution in [0.3, 0.4) is 0 Å². The van der Waals surface area contributed by atoms with E-state index in [1.54, 1.807) is 18.9 Å². The molecule has 0 spiro atoms. The zero-order valence-corrected chi connectivity index (χ0v) is 17.0.